The minimum absolute atomic E-state index is 0.107. The predicted molar refractivity (Wildman–Crippen MR) is 77.0 cm³/mol. The van der Waals surface area contributed by atoms with Gasteiger partial charge in [-0.1, -0.05) is 0 Å². The van der Waals surface area contributed by atoms with Gasteiger partial charge in [-0.05, 0) is 42.5 Å². The normalized spacial score (nSPS) is 12.6. The molecule has 0 spiro atoms. The van der Waals surface area contributed by atoms with E-state index in [0.717, 1.165) is 0 Å². The molecule has 0 fully saturated rings. The van der Waals surface area contributed by atoms with Crippen LogP contribution in [-0.4, -0.2) is 25.4 Å². The molecule has 106 valence electrons. The molecule has 0 saturated carbocycles. The number of nitrogens with one attached hydrogen (secondary N) is 1. The van der Waals surface area contributed by atoms with Gasteiger partial charge in [-0.2, -0.15) is 0 Å². The zero-order valence-electron chi connectivity index (χ0n) is 11.2. The highest BCUT2D eigenvalue weighted by molar-refractivity contribution is 6.09. The predicted octanol–water partition coefficient (Wildman–Crippen LogP) is 2.26. The van der Waals surface area contributed by atoms with Crippen LogP contribution in [0.2, 0.25) is 0 Å². The molecular formula is C16H13NO4. The van der Waals surface area contributed by atoms with E-state index in [9.17, 15) is 9.59 Å². The molecule has 1 N–H and O–H groups in total. The Bertz CT molecular complexity index is 679. The van der Waals surface area contributed by atoms with Crippen LogP contribution in [0.15, 0.2) is 42.5 Å². The van der Waals surface area contributed by atoms with Crippen molar-refractivity contribution in [2.45, 2.75) is 0 Å². The second-order valence-corrected chi connectivity index (χ2v) is 4.53. The molecule has 2 aromatic carbocycles. The molecule has 1 heterocycles. The minimum atomic E-state index is -0.107. The van der Waals surface area contributed by atoms with Crippen molar-refractivity contribution in [3.63, 3.8) is 0 Å². The molecule has 1 amide bonds. The van der Waals surface area contributed by atoms with Crippen LogP contribution >= 0.6 is 0 Å². The Morgan fingerprint density at radius 2 is 1.62 bits per heavy atom. The summed E-state index contributed by atoms with van der Waals surface area (Å²) in [6.07, 6.45) is 0.595. The van der Waals surface area contributed by atoms with E-state index in [1.54, 1.807) is 42.5 Å². The van der Waals surface area contributed by atoms with Crippen molar-refractivity contribution in [1.29, 1.82) is 0 Å². The number of rotatable bonds is 4. The molecule has 0 atom stereocenters. The average molecular weight is 283 g/mol. The Hall–Kier alpha value is -2.82. The summed E-state index contributed by atoms with van der Waals surface area (Å²) >= 11 is 0. The van der Waals surface area contributed by atoms with Crippen molar-refractivity contribution in [2.24, 2.45) is 0 Å². The summed E-state index contributed by atoms with van der Waals surface area (Å²) in [5, 5.41) is 2.53. The van der Waals surface area contributed by atoms with Crippen LogP contribution in [0.25, 0.3) is 0 Å². The lowest BCUT2D eigenvalue weighted by atomic mass is 10.0. The summed E-state index contributed by atoms with van der Waals surface area (Å²) < 4.78 is 10.9. The van der Waals surface area contributed by atoms with Gasteiger partial charge in [0.1, 0.15) is 13.2 Å². The SMILES string of the molecule is O=CNc1ccc(C(=O)c2ccc3c(c2)OCCO3)cc1. The first-order valence-electron chi connectivity index (χ1n) is 6.52. The topological polar surface area (TPSA) is 64.6 Å². The van der Waals surface area contributed by atoms with Gasteiger partial charge in [-0.25, -0.2) is 0 Å². The first kappa shape index (κ1) is 13.2. The van der Waals surface area contributed by atoms with E-state index in [4.69, 9.17) is 9.47 Å². The highest BCUT2D eigenvalue weighted by atomic mass is 16.6. The fourth-order valence-corrected chi connectivity index (χ4v) is 2.14. The maximum atomic E-state index is 12.4. The molecule has 0 bridgehead atoms. The van der Waals surface area contributed by atoms with Crippen LogP contribution in [-0.2, 0) is 4.79 Å². The molecule has 1 aliphatic heterocycles. The number of ketones is 1. The van der Waals surface area contributed by atoms with Crippen LogP contribution < -0.4 is 14.8 Å². The number of amides is 1. The highest BCUT2D eigenvalue weighted by Crippen LogP contribution is 2.31. The lowest BCUT2D eigenvalue weighted by Crippen LogP contribution is -2.15. The van der Waals surface area contributed by atoms with E-state index in [1.165, 1.54) is 0 Å². The number of ether oxygens (including phenoxy) is 2. The Labute approximate surface area is 121 Å². The maximum Gasteiger partial charge on any atom is 0.211 e. The molecule has 0 saturated heterocycles. The fourth-order valence-electron chi connectivity index (χ4n) is 2.14. The van der Waals surface area contributed by atoms with E-state index in [2.05, 4.69) is 5.32 Å². The summed E-state index contributed by atoms with van der Waals surface area (Å²) in [5.41, 5.74) is 1.72. The highest BCUT2D eigenvalue weighted by Gasteiger charge is 2.16. The van der Waals surface area contributed by atoms with Gasteiger partial charge in [0.05, 0.1) is 0 Å². The van der Waals surface area contributed by atoms with Crippen LogP contribution in [0.4, 0.5) is 5.69 Å². The van der Waals surface area contributed by atoms with Crippen molar-refractivity contribution >= 4 is 17.9 Å². The Balaban J connectivity index is 1.85. The van der Waals surface area contributed by atoms with Crippen molar-refractivity contribution < 1.29 is 19.1 Å². The molecule has 3 rings (SSSR count). The van der Waals surface area contributed by atoms with Gasteiger partial charge in [0.15, 0.2) is 17.3 Å². The Kier molecular flexibility index (Phi) is 3.55. The fraction of sp³-hybridized carbons (Fsp3) is 0.125. The molecule has 1 aliphatic rings. The minimum Gasteiger partial charge on any atom is -0.486 e. The van der Waals surface area contributed by atoms with Gasteiger partial charge in [0, 0.05) is 16.8 Å². The number of carbonyl (C=O) groups is 2. The molecule has 0 radical (unpaired) electrons. The molecule has 21 heavy (non-hydrogen) atoms. The third-order valence-corrected chi connectivity index (χ3v) is 3.18. The van der Waals surface area contributed by atoms with Crippen LogP contribution in [0.1, 0.15) is 15.9 Å². The standard InChI is InChI=1S/C16H13NO4/c18-10-17-13-4-1-11(2-5-13)16(19)12-3-6-14-15(9-12)21-8-7-20-14/h1-6,9-10H,7-8H2,(H,17,18). The van der Waals surface area contributed by atoms with Crippen LogP contribution in [0, 0.1) is 0 Å². The summed E-state index contributed by atoms with van der Waals surface area (Å²) in [4.78, 5) is 22.8. The van der Waals surface area contributed by atoms with Gasteiger partial charge in [-0.15, -0.1) is 0 Å². The van der Waals surface area contributed by atoms with Crippen molar-refractivity contribution in [3.8, 4) is 11.5 Å². The number of hydrogen-bond donors (Lipinski definition) is 1. The summed E-state index contributed by atoms with van der Waals surface area (Å²) in [7, 11) is 0. The van der Waals surface area contributed by atoms with Gasteiger partial charge < -0.3 is 14.8 Å². The number of carbonyl (C=O) groups excluding carboxylic acids is 2. The van der Waals surface area contributed by atoms with Crippen molar-refractivity contribution in [1.82, 2.24) is 0 Å². The zero-order valence-corrected chi connectivity index (χ0v) is 11.2. The number of anilines is 1. The molecule has 0 aliphatic carbocycles. The van der Waals surface area contributed by atoms with Gasteiger partial charge in [0.25, 0.3) is 0 Å². The molecule has 5 heteroatoms. The average Bonchev–Trinajstić information content (AvgIpc) is 2.55. The Morgan fingerprint density at radius 3 is 2.33 bits per heavy atom. The van der Waals surface area contributed by atoms with E-state index in [0.29, 0.717) is 47.9 Å². The first-order chi connectivity index (χ1) is 10.3. The van der Waals surface area contributed by atoms with Gasteiger partial charge in [0.2, 0.25) is 6.41 Å². The third kappa shape index (κ3) is 2.72. The lowest BCUT2D eigenvalue weighted by molar-refractivity contribution is -0.105. The number of hydrogen-bond acceptors (Lipinski definition) is 4. The molecule has 5 nitrogen and oxygen atoms in total. The van der Waals surface area contributed by atoms with E-state index in [1.807, 2.05) is 0 Å². The second kappa shape index (κ2) is 5.66. The second-order valence-electron chi connectivity index (χ2n) is 4.53. The van der Waals surface area contributed by atoms with E-state index in [-0.39, 0.29) is 5.78 Å². The molecular weight excluding hydrogens is 270 g/mol. The lowest BCUT2D eigenvalue weighted by Gasteiger charge is -2.18. The molecule has 0 unspecified atom stereocenters. The quantitative estimate of drug-likeness (QED) is 0.690. The van der Waals surface area contributed by atoms with Crippen LogP contribution in [0.3, 0.4) is 0 Å². The monoisotopic (exact) mass is 283 g/mol. The van der Waals surface area contributed by atoms with Crippen molar-refractivity contribution in [2.75, 3.05) is 18.5 Å². The summed E-state index contributed by atoms with van der Waals surface area (Å²) in [6, 6.07) is 11.8. The third-order valence-electron chi connectivity index (χ3n) is 3.18. The Morgan fingerprint density at radius 1 is 0.952 bits per heavy atom. The number of fused-ring (bicyclic) bond motifs is 1. The largest absolute Gasteiger partial charge is 0.486 e. The first-order valence-corrected chi connectivity index (χ1v) is 6.52. The van der Waals surface area contributed by atoms with E-state index >= 15 is 0 Å². The van der Waals surface area contributed by atoms with Crippen molar-refractivity contribution in [3.05, 3.63) is 53.6 Å². The van der Waals surface area contributed by atoms with Crippen LogP contribution in [0.5, 0.6) is 11.5 Å². The maximum absolute atomic E-state index is 12.4. The smallest absolute Gasteiger partial charge is 0.211 e. The summed E-state index contributed by atoms with van der Waals surface area (Å²) in [5.74, 6) is 1.14. The van der Waals surface area contributed by atoms with Gasteiger partial charge in [-0.3, -0.25) is 9.59 Å². The summed E-state index contributed by atoms with van der Waals surface area (Å²) in [6.45, 7) is 1.00. The van der Waals surface area contributed by atoms with E-state index < -0.39 is 0 Å². The molecule has 2 aromatic rings. The van der Waals surface area contributed by atoms with Gasteiger partial charge >= 0.3 is 0 Å². The zero-order chi connectivity index (χ0) is 14.7. The molecule has 0 aromatic heterocycles. The number of benzene rings is 2.